The van der Waals surface area contributed by atoms with E-state index in [2.05, 4.69) is 5.16 Å². The topological polar surface area (TPSA) is 85.1 Å². The van der Waals surface area contributed by atoms with Crippen molar-refractivity contribution in [2.45, 2.75) is 44.9 Å². The highest BCUT2D eigenvalue weighted by atomic mass is 19.1. The van der Waals surface area contributed by atoms with Gasteiger partial charge in [0.15, 0.2) is 17.9 Å². The summed E-state index contributed by atoms with van der Waals surface area (Å²) in [5.41, 5.74) is 0.304. The average molecular weight is 403 g/mol. The molecule has 3 heterocycles. The second-order valence-corrected chi connectivity index (χ2v) is 8.14. The van der Waals surface area contributed by atoms with Crippen LogP contribution in [0.2, 0.25) is 0 Å². The summed E-state index contributed by atoms with van der Waals surface area (Å²) in [6, 6.07) is 1.41. The number of hydrogen-bond acceptors (Lipinski definition) is 7. The summed E-state index contributed by atoms with van der Waals surface area (Å²) < 4.78 is 31.8. The first kappa shape index (κ1) is 18.4. The number of aromatic nitrogens is 1. The van der Waals surface area contributed by atoms with Gasteiger partial charge in [0, 0.05) is 18.7 Å². The molecule has 154 valence electrons. The fourth-order valence-electron chi connectivity index (χ4n) is 4.49. The number of morpholine rings is 1. The summed E-state index contributed by atoms with van der Waals surface area (Å²) in [4.78, 5) is 27.4. The number of cyclic esters (lactones) is 1. The van der Waals surface area contributed by atoms with Crippen LogP contribution in [0.3, 0.4) is 0 Å². The number of anilines is 2. The van der Waals surface area contributed by atoms with Gasteiger partial charge < -0.3 is 18.9 Å². The van der Waals surface area contributed by atoms with Crippen molar-refractivity contribution < 1.29 is 28.0 Å². The van der Waals surface area contributed by atoms with Crippen molar-refractivity contribution in [3.05, 3.63) is 17.4 Å². The first-order valence-corrected chi connectivity index (χ1v) is 9.91. The van der Waals surface area contributed by atoms with Crippen LogP contribution in [-0.4, -0.2) is 55.5 Å². The van der Waals surface area contributed by atoms with E-state index in [9.17, 15) is 9.59 Å². The predicted molar refractivity (Wildman–Crippen MR) is 102 cm³/mol. The molecule has 29 heavy (non-hydrogen) atoms. The van der Waals surface area contributed by atoms with Crippen LogP contribution in [0.4, 0.5) is 20.7 Å². The quantitative estimate of drug-likeness (QED) is 0.725. The summed E-state index contributed by atoms with van der Waals surface area (Å²) in [6.45, 7) is 5.00. The molecule has 0 radical (unpaired) electrons. The molecular weight excluding hydrogens is 381 g/mol. The van der Waals surface area contributed by atoms with E-state index in [0.717, 1.165) is 12.8 Å². The number of amides is 1. The first-order chi connectivity index (χ1) is 14.0. The van der Waals surface area contributed by atoms with Gasteiger partial charge in [-0.25, -0.2) is 9.18 Å². The van der Waals surface area contributed by atoms with Crippen LogP contribution in [0.5, 0.6) is 0 Å². The van der Waals surface area contributed by atoms with E-state index in [4.69, 9.17) is 14.0 Å². The van der Waals surface area contributed by atoms with Crippen LogP contribution in [0, 0.1) is 11.7 Å². The molecule has 1 aromatic heterocycles. The smallest absolute Gasteiger partial charge is 0.416 e. The predicted octanol–water partition coefficient (Wildman–Crippen LogP) is 3.13. The fourth-order valence-corrected chi connectivity index (χ4v) is 4.49. The Morgan fingerprint density at radius 2 is 1.97 bits per heavy atom. The van der Waals surface area contributed by atoms with Crippen LogP contribution in [0.25, 0.3) is 11.0 Å². The van der Waals surface area contributed by atoms with Gasteiger partial charge in [-0.1, -0.05) is 5.16 Å². The Labute approximate surface area is 166 Å². The lowest BCUT2D eigenvalue weighted by atomic mass is 10.1. The van der Waals surface area contributed by atoms with Gasteiger partial charge >= 0.3 is 6.09 Å². The number of carbonyl (C=O) groups is 2. The number of rotatable bonds is 4. The third kappa shape index (κ3) is 2.95. The number of nitrogens with zero attached hydrogens (tertiary/aromatic N) is 3. The summed E-state index contributed by atoms with van der Waals surface area (Å²) >= 11 is 0. The van der Waals surface area contributed by atoms with E-state index in [1.165, 1.54) is 4.90 Å². The minimum Gasteiger partial charge on any atom is -0.447 e. The molecule has 0 spiro atoms. The maximum atomic E-state index is 15.5. The van der Waals surface area contributed by atoms with E-state index < -0.39 is 11.9 Å². The first-order valence-electron chi connectivity index (χ1n) is 9.91. The Kier molecular flexibility index (Phi) is 4.23. The molecule has 3 atom stereocenters. The SMILES string of the molecule is C[C@@H]1CN(c2c(C=O)cc3c(N4C(=O)OC[C@@H]4C4CC4)noc3c2F)C[C@@H](C)O1. The third-order valence-electron chi connectivity index (χ3n) is 5.85. The summed E-state index contributed by atoms with van der Waals surface area (Å²) in [5.74, 6) is -0.101. The number of fused-ring (bicyclic) bond motifs is 1. The number of benzene rings is 1. The summed E-state index contributed by atoms with van der Waals surface area (Å²) in [5, 5.41) is 4.29. The molecule has 1 aromatic carbocycles. The van der Waals surface area contributed by atoms with Gasteiger partial charge in [-0.2, -0.15) is 0 Å². The molecule has 1 saturated carbocycles. The minimum absolute atomic E-state index is 0.0679. The Morgan fingerprint density at radius 3 is 2.62 bits per heavy atom. The van der Waals surface area contributed by atoms with Gasteiger partial charge in [0.2, 0.25) is 5.58 Å². The highest BCUT2D eigenvalue weighted by Gasteiger charge is 2.46. The van der Waals surface area contributed by atoms with Crippen molar-refractivity contribution in [2.75, 3.05) is 29.5 Å². The number of aldehydes is 1. The second-order valence-electron chi connectivity index (χ2n) is 8.14. The largest absolute Gasteiger partial charge is 0.447 e. The molecule has 1 amide bonds. The highest BCUT2D eigenvalue weighted by Crippen LogP contribution is 2.43. The molecule has 9 heteroatoms. The molecule has 0 bridgehead atoms. The fraction of sp³-hybridized carbons (Fsp3) is 0.550. The molecule has 8 nitrogen and oxygen atoms in total. The molecule has 2 aromatic rings. The minimum atomic E-state index is -0.653. The van der Waals surface area contributed by atoms with Crippen LogP contribution >= 0.6 is 0 Å². The van der Waals surface area contributed by atoms with Gasteiger partial charge in [-0.05, 0) is 38.7 Å². The maximum Gasteiger partial charge on any atom is 0.416 e. The lowest BCUT2D eigenvalue weighted by molar-refractivity contribution is -0.00543. The summed E-state index contributed by atoms with van der Waals surface area (Å²) in [6.07, 6.45) is 1.93. The zero-order valence-corrected chi connectivity index (χ0v) is 16.3. The monoisotopic (exact) mass is 403 g/mol. The van der Waals surface area contributed by atoms with Gasteiger partial charge in [0.25, 0.3) is 0 Å². The maximum absolute atomic E-state index is 15.5. The number of ether oxygens (including phenoxy) is 2. The molecule has 1 aliphatic carbocycles. The van der Waals surface area contributed by atoms with E-state index in [-0.39, 0.29) is 47.5 Å². The molecule has 0 N–H and O–H groups in total. The Bertz CT molecular complexity index is 978. The number of hydrogen-bond donors (Lipinski definition) is 0. The van der Waals surface area contributed by atoms with E-state index in [0.29, 0.717) is 30.7 Å². The van der Waals surface area contributed by atoms with Crippen molar-refractivity contribution in [3.63, 3.8) is 0 Å². The lowest BCUT2D eigenvalue weighted by Gasteiger charge is -2.37. The average Bonchev–Trinajstić information content (AvgIpc) is 3.33. The Balaban J connectivity index is 1.61. The molecule has 2 saturated heterocycles. The Morgan fingerprint density at radius 1 is 1.24 bits per heavy atom. The molecule has 0 unspecified atom stereocenters. The second kappa shape index (κ2) is 6.69. The van der Waals surface area contributed by atoms with Gasteiger partial charge in [-0.3, -0.25) is 9.69 Å². The number of carbonyl (C=O) groups excluding carboxylic acids is 2. The Hall–Kier alpha value is -2.68. The standard InChI is InChI=1S/C20H22FN3O5/c1-10-6-23(7-11(2)28-10)17-13(8-25)5-14-18(16(17)21)29-22-19(14)24-15(12-3-4-12)9-27-20(24)26/h5,8,10-12,15H,3-4,6-7,9H2,1-2H3/t10-,11-,15-/m1/s1. The highest BCUT2D eigenvalue weighted by molar-refractivity contribution is 6.03. The van der Waals surface area contributed by atoms with Crippen LogP contribution < -0.4 is 9.80 Å². The normalized spacial score (nSPS) is 27.6. The zero-order chi connectivity index (χ0) is 20.3. The molecule has 5 rings (SSSR count). The molecular formula is C20H22FN3O5. The zero-order valence-electron chi connectivity index (χ0n) is 16.3. The third-order valence-corrected chi connectivity index (χ3v) is 5.85. The van der Waals surface area contributed by atoms with Crippen LogP contribution in [0.1, 0.15) is 37.0 Å². The molecule has 3 aliphatic rings. The van der Waals surface area contributed by atoms with Crippen molar-refractivity contribution in [1.82, 2.24) is 5.16 Å². The van der Waals surface area contributed by atoms with Crippen LogP contribution in [0.15, 0.2) is 10.6 Å². The van der Waals surface area contributed by atoms with E-state index in [1.54, 1.807) is 11.0 Å². The van der Waals surface area contributed by atoms with Crippen molar-refractivity contribution in [3.8, 4) is 0 Å². The van der Waals surface area contributed by atoms with Crippen LogP contribution in [-0.2, 0) is 9.47 Å². The van der Waals surface area contributed by atoms with Crippen molar-refractivity contribution in [1.29, 1.82) is 0 Å². The number of halogens is 1. The molecule has 3 fully saturated rings. The lowest BCUT2D eigenvalue weighted by Crippen LogP contribution is -2.46. The summed E-state index contributed by atoms with van der Waals surface area (Å²) in [7, 11) is 0. The van der Waals surface area contributed by atoms with E-state index >= 15 is 4.39 Å². The van der Waals surface area contributed by atoms with Crippen molar-refractivity contribution >= 4 is 34.9 Å². The van der Waals surface area contributed by atoms with Gasteiger partial charge in [0.1, 0.15) is 6.61 Å². The van der Waals surface area contributed by atoms with E-state index in [1.807, 2.05) is 13.8 Å². The molecule has 2 aliphatic heterocycles. The van der Waals surface area contributed by atoms with Gasteiger partial charge in [0.05, 0.1) is 29.3 Å². The van der Waals surface area contributed by atoms with Gasteiger partial charge in [-0.15, -0.1) is 0 Å². The van der Waals surface area contributed by atoms with Crippen molar-refractivity contribution in [2.24, 2.45) is 5.92 Å².